The molecule has 19 heavy (non-hydrogen) atoms. The molecule has 1 aromatic rings. The van der Waals surface area contributed by atoms with E-state index in [-0.39, 0.29) is 11.9 Å². The van der Waals surface area contributed by atoms with Gasteiger partial charge < -0.3 is 11.1 Å². The van der Waals surface area contributed by atoms with Crippen molar-refractivity contribution in [2.75, 3.05) is 6.54 Å². The number of hydrogen-bond acceptors (Lipinski definition) is 2. The third-order valence-electron chi connectivity index (χ3n) is 3.65. The van der Waals surface area contributed by atoms with Gasteiger partial charge in [-0.3, -0.25) is 4.79 Å². The van der Waals surface area contributed by atoms with Crippen LogP contribution in [-0.2, 0) is 0 Å². The molecule has 5 heteroatoms. The fourth-order valence-electron chi connectivity index (χ4n) is 2.62. The molecule has 0 spiro atoms. The van der Waals surface area contributed by atoms with Crippen LogP contribution >= 0.6 is 31.9 Å². The Morgan fingerprint density at radius 2 is 1.84 bits per heavy atom. The van der Waals surface area contributed by atoms with Gasteiger partial charge in [0.25, 0.3) is 5.91 Å². The normalized spacial score (nSPS) is 23.1. The zero-order chi connectivity index (χ0) is 13.8. The summed E-state index contributed by atoms with van der Waals surface area (Å²) >= 11 is 6.80. The van der Waals surface area contributed by atoms with Gasteiger partial charge in [0.05, 0.1) is 0 Å². The molecule has 3 nitrogen and oxygen atoms in total. The maximum atomic E-state index is 12.3. The van der Waals surface area contributed by atoms with Crippen LogP contribution in [0.3, 0.4) is 0 Å². The summed E-state index contributed by atoms with van der Waals surface area (Å²) in [5, 5.41) is 3.13. The number of hydrogen-bond donors (Lipinski definition) is 2. The molecule has 0 aliphatic heterocycles. The van der Waals surface area contributed by atoms with Crippen molar-refractivity contribution in [2.24, 2.45) is 11.7 Å². The van der Waals surface area contributed by atoms with Crippen LogP contribution in [0.15, 0.2) is 27.1 Å². The molecule has 0 radical (unpaired) electrons. The number of carbonyl (C=O) groups is 1. The van der Waals surface area contributed by atoms with Crippen molar-refractivity contribution in [3.63, 3.8) is 0 Å². The number of benzene rings is 1. The van der Waals surface area contributed by atoms with Gasteiger partial charge in [0, 0.05) is 20.6 Å². The molecule has 1 fully saturated rings. The zero-order valence-corrected chi connectivity index (χ0v) is 13.8. The third-order valence-corrected chi connectivity index (χ3v) is 4.57. The van der Waals surface area contributed by atoms with Crippen molar-refractivity contribution in [3.8, 4) is 0 Å². The summed E-state index contributed by atoms with van der Waals surface area (Å²) in [5.41, 5.74) is 6.46. The van der Waals surface area contributed by atoms with Crippen LogP contribution in [0, 0.1) is 5.92 Å². The monoisotopic (exact) mass is 388 g/mol. The molecule has 1 saturated carbocycles. The second-order valence-electron chi connectivity index (χ2n) is 5.02. The van der Waals surface area contributed by atoms with Gasteiger partial charge in [0.15, 0.2) is 0 Å². The highest BCUT2D eigenvalue weighted by molar-refractivity contribution is 9.11. The standard InChI is InChI=1S/C14H18Br2N2O/c15-11-5-10(6-12(16)7-11)14(19)18-13-4-2-1-3-9(13)8-17/h5-7,9,13H,1-4,8,17H2,(H,18,19). The Bertz CT molecular complexity index is 445. The summed E-state index contributed by atoms with van der Waals surface area (Å²) in [5.74, 6) is 0.389. The van der Waals surface area contributed by atoms with Gasteiger partial charge in [-0.15, -0.1) is 0 Å². The van der Waals surface area contributed by atoms with E-state index in [0.717, 1.165) is 21.8 Å². The Morgan fingerprint density at radius 1 is 1.21 bits per heavy atom. The molecule has 1 amide bonds. The second kappa shape index (κ2) is 6.86. The molecule has 2 unspecified atom stereocenters. The van der Waals surface area contributed by atoms with E-state index >= 15 is 0 Å². The zero-order valence-electron chi connectivity index (χ0n) is 10.7. The van der Waals surface area contributed by atoms with Gasteiger partial charge in [0.1, 0.15) is 0 Å². The maximum Gasteiger partial charge on any atom is 0.251 e. The van der Waals surface area contributed by atoms with E-state index in [9.17, 15) is 4.79 Å². The topological polar surface area (TPSA) is 55.1 Å². The van der Waals surface area contributed by atoms with Crippen LogP contribution < -0.4 is 11.1 Å². The van der Waals surface area contributed by atoms with E-state index in [4.69, 9.17) is 5.73 Å². The lowest BCUT2D eigenvalue weighted by atomic mass is 9.84. The van der Waals surface area contributed by atoms with E-state index < -0.39 is 0 Å². The van der Waals surface area contributed by atoms with E-state index in [1.54, 1.807) is 0 Å². The second-order valence-corrected chi connectivity index (χ2v) is 6.85. The highest BCUT2D eigenvalue weighted by Gasteiger charge is 2.25. The molecule has 1 aromatic carbocycles. The minimum Gasteiger partial charge on any atom is -0.349 e. The minimum atomic E-state index is -0.0210. The fraction of sp³-hybridized carbons (Fsp3) is 0.500. The summed E-state index contributed by atoms with van der Waals surface area (Å²) in [6, 6.07) is 5.80. The molecule has 2 rings (SSSR count). The summed E-state index contributed by atoms with van der Waals surface area (Å²) < 4.78 is 1.79. The van der Waals surface area contributed by atoms with Crippen molar-refractivity contribution in [1.82, 2.24) is 5.32 Å². The van der Waals surface area contributed by atoms with Crippen molar-refractivity contribution in [3.05, 3.63) is 32.7 Å². The molecule has 0 bridgehead atoms. The number of nitrogens with one attached hydrogen (secondary N) is 1. The van der Waals surface area contributed by atoms with Crippen molar-refractivity contribution >= 4 is 37.8 Å². The van der Waals surface area contributed by atoms with E-state index in [2.05, 4.69) is 37.2 Å². The molecule has 2 atom stereocenters. The largest absolute Gasteiger partial charge is 0.349 e. The molecule has 104 valence electrons. The van der Waals surface area contributed by atoms with E-state index in [0.29, 0.717) is 18.0 Å². The summed E-state index contributed by atoms with van der Waals surface area (Å²) in [6.07, 6.45) is 4.53. The average molecular weight is 390 g/mol. The van der Waals surface area contributed by atoms with Crippen molar-refractivity contribution in [1.29, 1.82) is 0 Å². The lowest BCUT2D eigenvalue weighted by Gasteiger charge is -2.31. The number of amides is 1. The Kier molecular flexibility index (Phi) is 5.42. The number of nitrogens with two attached hydrogens (primary N) is 1. The predicted octanol–water partition coefficient (Wildman–Crippen LogP) is 3.46. The van der Waals surface area contributed by atoms with Gasteiger partial charge in [0.2, 0.25) is 0 Å². The molecular formula is C14H18Br2N2O. The van der Waals surface area contributed by atoms with Crippen molar-refractivity contribution in [2.45, 2.75) is 31.7 Å². The Labute approximate surface area is 130 Å². The quantitative estimate of drug-likeness (QED) is 0.831. The highest BCUT2D eigenvalue weighted by Crippen LogP contribution is 2.25. The molecular weight excluding hydrogens is 372 g/mol. The third kappa shape index (κ3) is 4.04. The van der Waals surface area contributed by atoms with Gasteiger partial charge >= 0.3 is 0 Å². The Morgan fingerprint density at radius 3 is 2.47 bits per heavy atom. The fourth-order valence-corrected chi connectivity index (χ4v) is 3.91. The van der Waals surface area contributed by atoms with E-state index in [1.165, 1.54) is 12.8 Å². The molecule has 1 aliphatic carbocycles. The van der Waals surface area contributed by atoms with Gasteiger partial charge in [-0.05, 0) is 43.5 Å². The van der Waals surface area contributed by atoms with Crippen LogP contribution in [0.4, 0.5) is 0 Å². The smallest absolute Gasteiger partial charge is 0.251 e. The molecule has 0 heterocycles. The first-order valence-electron chi connectivity index (χ1n) is 6.57. The molecule has 0 aromatic heterocycles. The number of carbonyl (C=O) groups excluding carboxylic acids is 1. The number of halogens is 2. The lowest BCUT2D eigenvalue weighted by Crippen LogP contribution is -2.44. The van der Waals surface area contributed by atoms with Crippen molar-refractivity contribution < 1.29 is 4.79 Å². The van der Waals surface area contributed by atoms with Gasteiger partial charge in [-0.2, -0.15) is 0 Å². The highest BCUT2D eigenvalue weighted by atomic mass is 79.9. The first-order valence-corrected chi connectivity index (χ1v) is 8.16. The van der Waals surface area contributed by atoms with Crippen LogP contribution in [0.2, 0.25) is 0 Å². The first kappa shape index (κ1) is 15.0. The van der Waals surface area contributed by atoms with E-state index in [1.807, 2.05) is 18.2 Å². The maximum absolute atomic E-state index is 12.3. The van der Waals surface area contributed by atoms with Gasteiger partial charge in [-0.1, -0.05) is 44.7 Å². The van der Waals surface area contributed by atoms with Gasteiger partial charge in [-0.25, -0.2) is 0 Å². The molecule has 0 saturated heterocycles. The minimum absolute atomic E-state index is 0.0210. The van der Waals surface area contributed by atoms with Crippen LogP contribution in [0.1, 0.15) is 36.0 Å². The first-order chi connectivity index (χ1) is 9.10. The summed E-state index contributed by atoms with van der Waals surface area (Å²) in [6.45, 7) is 0.646. The Balaban J connectivity index is 2.07. The van der Waals surface area contributed by atoms with Crippen LogP contribution in [0.25, 0.3) is 0 Å². The van der Waals surface area contributed by atoms with Crippen LogP contribution in [-0.4, -0.2) is 18.5 Å². The van der Waals surface area contributed by atoms with Crippen LogP contribution in [0.5, 0.6) is 0 Å². The summed E-state index contributed by atoms with van der Waals surface area (Å²) in [4.78, 5) is 12.3. The molecule has 1 aliphatic rings. The Hall–Kier alpha value is -0.390. The predicted molar refractivity (Wildman–Crippen MR) is 84.1 cm³/mol. The lowest BCUT2D eigenvalue weighted by molar-refractivity contribution is 0.0908. The average Bonchev–Trinajstić information content (AvgIpc) is 2.38. The SMILES string of the molecule is NCC1CCCCC1NC(=O)c1cc(Br)cc(Br)c1. The summed E-state index contributed by atoms with van der Waals surface area (Å²) in [7, 11) is 0. The molecule has 3 N–H and O–H groups in total. The number of rotatable bonds is 3.